The van der Waals surface area contributed by atoms with Gasteiger partial charge in [-0.05, 0) is 30.3 Å². The number of hydrogen-bond acceptors (Lipinski definition) is 5. The van der Waals surface area contributed by atoms with Crippen LogP contribution in [0.5, 0.6) is 11.5 Å². The predicted octanol–water partition coefficient (Wildman–Crippen LogP) is 2.62. The molecule has 0 aliphatic carbocycles. The molecule has 0 atom stereocenters. The number of benzene rings is 2. The monoisotopic (exact) mass is 383 g/mol. The molecule has 0 radical (unpaired) electrons. The average molecular weight is 383 g/mol. The Morgan fingerprint density at radius 3 is 2.11 bits per heavy atom. The highest BCUT2D eigenvalue weighted by Crippen LogP contribution is 2.29. The van der Waals surface area contributed by atoms with Crippen molar-refractivity contribution in [3.05, 3.63) is 48.0 Å². The van der Waals surface area contributed by atoms with Crippen LogP contribution < -0.4 is 19.7 Å². The lowest BCUT2D eigenvalue weighted by Crippen LogP contribution is -2.48. The number of ether oxygens (including phenoxy) is 2. The van der Waals surface area contributed by atoms with Crippen LogP contribution in [0, 0.1) is 0 Å². The molecule has 1 aliphatic heterocycles. The Bertz CT molecular complexity index is 838. The fourth-order valence-electron chi connectivity index (χ4n) is 3.33. The van der Waals surface area contributed by atoms with E-state index in [2.05, 4.69) is 10.2 Å². The van der Waals surface area contributed by atoms with Gasteiger partial charge in [-0.3, -0.25) is 9.59 Å². The van der Waals surface area contributed by atoms with Crippen LogP contribution in [-0.2, 0) is 4.79 Å². The van der Waals surface area contributed by atoms with E-state index in [1.807, 2.05) is 29.2 Å². The van der Waals surface area contributed by atoms with Gasteiger partial charge in [0.25, 0.3) is 5.91 Å². The second-order valence-electron chi connectivity index (χ2n) is 6.54. The van der Waals surface area contributed by atoms with Crippen molar-refractivity contribution < 1.29 is 19.1 Å². The Balaban J connectivity index is 1.75. The maximum Gasteiger partial charge on any atom is 0.263 e. The molecule has 2 aromatic carbocycles. The minimum absolute atomic E-state index is 0.103. The van der Waals surface area contributed by atoms with Crippen molar-refractivity contribution >= 4 is 23.2 Å². The zero-order valence-electron chi connectivity index (χ0n) is 16.4. The number of anilines is 2. The summed E-state index contributed by atoms with van der Waals surface area (Å²) in [7, 11) is 3.04. The largest absolute Gasteiger partial charge is 0.496 e. The number of carbonyl (C=O) groups is 2. The van der Waals surface area contributed by atoms with Crippen molar-refractivity contribution in [2.24, 2.45) is 0 Å². The third-order valence-corrected chi connectivity index (χ3v) is 4.85. The van der Waals surface area contributed by atoms with E-state index >= 15 is 0 Å². The number of methoxy groups -OCH3 is 2. The summed E-state index contributed by atoms with van der Waals surface area (Å²) in [5, 5.41) is 2.92. The molecule has 0 spiro atoms. The Labute approximate surface area is 164 Å². The SMILES string of the molecule is COc1cccc(OC)c1C(=O)Nc1cccc(N2CCN(C(C)=O)CC2)c1. The van der Waals surface area contributed by atoms with Gasteiger partial charge >= 0.3 is 0 Å². The molecule has 0 unspecified atom stereocenters. The first-order chi connectivity index (χ1) is 13.5. The van der Waals surface area contributed by atoms with Gasteiger partial charge in [-0.2, -0.15) is 0 Å². The van der Waals surface area contributed by atoms with Gasteiger partial charge in [-0.25, -0.2) is 0 Å². The van der Waals surface area contributed by atoms with Crippen LogP contribution >= 0.6 is 0 Å². The first kappa shape index (κ1) is 19.5. The smallest absolute Gasteiger partial charge is 0.263 e. The molecule has 7 heteroatoms. The van der Waals surface area contributed by atoms with Crippen molar-refractivity contribution in [2.75, 3.05) is 50.6 Å². The molecular formula is C21H25N3O4. The maximum atomic E-state index is 12.9. The molecular weight excluding hydrogens is 358 g/mol. The van der Waals surface area contributed by atoms with Gasteiger partial charge in [0.2, 0.25) is 5.91 Å². The molecule has 0 aromatic heterocycles. The molecule has 1 heterocycles. The third-order valence-electron chi connectivity index (χ3n) is 4.85. The van der Waals surface area contributed by atoms with Gasteiger partial charge in [-0.15, -0.1) is 0 Å². The summed E-state index contributed by atoms with van der Waals surface area (Å²) in [5.41, 5.74) is 2.05. The zero-order chi connectivity index (χ0) is 20.1. The Kier molecular flexibility index (Phi) is 6.03. The van der Waals surface area contributed by atoms with E-state index < -0.39 is 0 Å². The molecule has 1 N–H and O–H groups in total. The number of carbonyl (C=O) groups excluding carboxylic acids is 2. The Morgan fingerprint density at radius 1 is 0.929 bits per heavy atom. The van der Waals surface area contributed by atoms with Gasteiger partial charge < -0.3 is 24.6 Å². The summed E-state index contributed by atoms with van der Waals surface area (Å²) in [4.78, 5) is 28.4. The average Bonchev–Trinajstić information content (AvgIpc) is 2.73. The van der Waals surface area contributed by atoms with Crippen LogP contribution in [0.4, 0.5) is 11.4 Å². The summed E-state index contributed by atoms with van der Waals surface area (Å²) in [6.45, 7) is 4.52. The van der Waals surface area contributed by atoms with Crippen molar-refractivity contribution in [1.29, 1.82) is 0 Å². The molecule has 148 valence electrons. The van der Waals surface area contributed by atoms with Crippen molar-refractivity contribution in [2.45, 2.75) is 6.92 Å². The number of hydrogen-bond donors (Lipinski definition) is 1. The van der Waals surface area contributed by atoms with Gasteiger partial charge in [0.05, 0.1) is 14.2 Å². The minimum atomic E-state index is -0.298. The van der Waals surface area contributed by atoms with Crippen molar-refractivity contribution in [3.63, 3.8) is 0 Å². The summed E-state index contributed by atoms with van der Waals surface area (Å²) >= 11 is 0. The number of nitrogens with one attached hydrogen (secondary N) is 1. The molecule has 7 nitrogen and oxygen atoms in total. The van der Waals surface area contributed by atoms with Gasteiger partial charge in [-0.1, -0.05) is 12.1 Å². The fourth-order valence-corrected chi connectivity index (χ4v) is 3.33. The highest BCUT2D eigenvalue weighted by molar-refractivity contribution is 6.08. The highest BCUT2D eigenvalue weighted by Gasteiger charge is 2.20. The quantitative estimate of drug-likeness (QED) is 0.859. The number of nitrogens with zero attached hydrogens (tertiary/aromatic N) is 2. The summed E-state index contributed by atoms with van der Waals surface area (Å²) in [6, 6.07) is 12.9. The molecule has 2 amide bonds. The molecule has 1 aliphatic rings. The summed E-state index contributed by atoms with van der Waals surface area (Å²) in [6.07, 6.45) is 0. The molecule has 0 bridgehead atoms. The molecule has 0 saturated carbocycles. The van der Waals surface area contributed by atoms with Crippen molar-refractivity contribution in [1.82, 2.24) is 4.90 Å². The fraction of sp³-hybridized carbons (Fsp3) is 0.333. The van der Waals surface area contributed by atoms with E-state index in [1.54, 1.807) is 25.1 Å². The lowest BCUT2D eigenvalue weighted by molar-refractivity contribution is -0.129. The lowest BCUT2D eigenvalue weighted by Gasteiger charge is -2.35. The molecule has 1 saturated heterocycles. The number of piperazine rings is 1. The van der Waals surface area contributed by atoms with Crippen LogP contribution in [0.15, 0.2) is 42.5 Å². The van der Waals surface area contributed by atoms with E-state index in [-0.39, 0.29) is 11.8 Å². The topological polar surface area (TPSA) is 71.1 Å². The van der Waals surface area contributed by atoms with Crippen LogP contribution in [0.1, 0.15) is 17.3 Å². The third kappa shape index (κ3) is 4.19. The first-order valence-electron chi connectivity index (χ1n) is 9.16. The van der Waals surface area contributed by atoms with Crippen LogP contribution in [0.25, 0.3) is 0 Å². The van der Waals surface area contributed by atoms with E-state index in [1.165, 1.54) is 14.2 Å². The first-order valence-corrected chi connectivity index (χ1v) is 9.16. The van der Waals surface area contributed by atoms with E-state index in [9.17, 15) is 9.59 Å². The Morgan fingerprint density at radius 2 is 1.54 bits per heavy atom. The maximum absolute atomic E-state index is 12.9. The van der Waals surface area contributed by atoms with Gasteiger partial charge in [0.15, 0.2) is 0 Å². The standard InChI is InChI=1S/C21H25N3O4/c1-15(25)23-10-12-24(13-11-23)17-7-4-6-16(14-17)22-21(26)20-18(27-2)8-5-9-19(20)28-3/h4-9,14H,10-13H2,1-3H3,(H,22,26). The number of amides is 2. The Hall–Kier alpha value is -3.22. The second kappa shape index (κ2) is 8.65. The van der Waals surface area contributed by atoms with E-state index in [4.69, 9.17) is 9.47 Å². The second-order valence-corrected chi connectivity index (χ2v) is 6.54. The predicted molar refractivity (Wildman–Crippen MR) is 108 cm³/mol. The van der Waals surface area contributed by atoms with Crippen LogP contribution in [0.3, 0.4) is 0 Å². The van der Waals surface area contributed by atoms with Crippen LogP contribution in [0.2, 0.25) is 0 Å². The minimum Gasteiger partial charge on any atom is -0.496 e. The molecule has 3 rings (SSSR count). The van der Waals surface area contributed by atoms with Gasteiger partial charge in [0, 0.05) is 44.5 Å². The zero-order valence-corrected chi connectivity index (χ0v) is 16.4. The lowest BCUT2D eigenvalue weighted by atomic mass is 10.1. The van der Waals surface area contributed by atoms with Gasteiger partial charge in [0.1, 0.15) is 17.1 Å². The van der Waals surface area contributed by atoms with Crippen LogP contribution in [-0.4, -0.2) is 57.1 Å². The highest BCUT2D eigenvalue weighted by atomic mass is 16.5. The molecule has 1 fully saturated rings. The van der Waals surface area contributed by atoms with E-state index in [0.717, 1.165) is 18.8 Å². The summed E-state index contributed by atoms with van der Waals surface area (Å²) < 4.78 is 10.6. The number of rotatable bonds is 5. The van der Waals surface area contributed by atoms with E-state index in [0.29, 0.717) is 35.8 Å². The van der Waals surface area contributed by atoms with Crippen molar-refractivity contribution in [3.8, 4) is 11.5 Å². The normalized spacial score (nSPS) is 13.8. The molecule has 28 heavy (non-hydrogen) atoms. The molecule has 2 aromatic rings. The summed E-state index contributed by atoms with van der Waals surface area (Å²) in [5.74, 6) is 0.709.